The normalized spacial score (nSPS) is 14.8. The predicted molar refractivity (Wildman–Crippen MR) is 143 cm³/mol. The van der Waals surface area contributed by atoms with Crippen LogP contribution in [0.1, 0.15) is 45.7 Å². The number of aryl methyl sites for hydroxylation is 1. The minimum atomic E-state index is -0.219. The molecule has 1 aliphatic heterocycles. The summed E-state index contributed by atoms with van der Waals surface area (Å²) in [4.78, 5) is 31.6. The summed E-state index contributed by atoms with van der Waals surface area (Å²) in [5, 5.41) is 2.75. The Morgan fingerprint density at radius 3 is 2.58 bits per heavy atom. The number of fused-ring (bicyclic) bond motifs is 1. The molecule has 0 saturated heterocycles. The zero-order valence-corrected chi connectivity index (χ0v) is 22.4. The average molecular weight is 527 g/mol. The Bertz CT molecular complexity index is 1210. The summed E-state index contributed by atoms with van der Waals surface area (Å²) in [5.74, 6) is 1.16. The molecule has 190 valence electrons. The summed E-state index contributed by atoms with van der Waals surface area (Å²) in [5.41, 5.74) is 2.59. The lowest BCUT2D eigenvalue weighted by Gasteiger charge is -2.37. The number of nitrogens with zero attached hydrogens (tertiary/aromatic N) is 2. The smallest absolute Gasteiger partial charge is 0.254 e. The van der Waals surface area contributed by atoms with Gasteiger partial charge in [0.25, 0.3) is 5.91 Å². The van der Waals surface area contributed by atoms with E-state index in [-0.39, 0.29) is 24.4 Å². The number of ether oxygens (including phenoxy) is 2. The molecular formula is C28H31ClN2O4S. The highest BCUT2D eigenvalue weighted by molar-refractivity contribution is 7.10. The summed E-state index contributed by atoms with van der Waals surface area (Å²) in [6.07, 6.45) is 1.56. The summed E-state index contributed by atoms with van der Waals surface area (Å²) in [6, 6.07) is 14.4. The molecule has 0 bridgehead atoms. The maximum absolute atomic E-state index is 13.6. The first-order valence-electron chi connectivity index (χ1n) is 12.1. The Hall–Kier alpha value is -3.03. The van der Waals surface area contributed by atoms with E-state index in [0.29, 0.717) is 41.8 Å². The standard InChI is InChI=1S/C28H31ClN2O4S/c1-4-13-30(28(33)20-5-7-21(34-3)8-6-20)17-27(32)31-14-11-26-23(12-15-36-26)25(31)18-35-22-9-10-24(29)19(2)16-22/h5-10,12,15-16,25H,4,11,13-14,17-18H2,1-3H3/t25-/m1/s1. The van der Waals surface area contributed by atoms with Crippen LogP contribution in [0.25, 0.3) is 0 Å². The monoisotopic (exact) mass is 526 g/mol. The lowest BCUT2D eigenvalue weighted by atomic mass is 10.00. The van der Waals surface area contributed by atoms with Crippen molar-refractivity contribution in [3.05, 3.63) is 80.5 Å². The summed E-state index contributed by atoms with van der Waals surface area (Å²) >= 11 is 7.87. The Labute approximate surface area is 221 Å². The second-order valence-electron chi connectivity index (χ2n) is 8.83. The molecule has 8 heteroatoms. The molecule has 3 aromatic rings. The maximum atomic E-state index is 13.6. The van der Waals surface area contributed by atoms with Gasteiger partial charge in [-0.3, -0.25) is 9.59 Å². The minimum absolute atomic E-state index is 0.0225. The van der Waals surface area contributed by atoms with E-state index in [1.807, 2.05) is 36.9 Å². The van der Waals surface area contributed by atoms with Crippen LogP contribution >= 0.6 is 22.9 Å². The summed E-state index contributed by atoms with van der Waals surface area (Å²) in [7, 11) is 1.59. The Kier molecular flexibility index (Phi) is 8.54. The van der Waals surface area contributed by atoms with Crippen LogP contribution in [0, 0.1) is 6.92 Å². The average Bonchev–Trinajstić information content (AvgIpc) is 3.37. The number of thiophene rings is 1. The highest BCUT2D eigenvalue weighted by atomic mass is 35.5. The van der Waals surface area contributed by atoms with E-state index >= 15 is 0 Å². The minimum Gasteiger partial charge on any atom is -0.497 e. The van der Waals surface area contributed by atoms with Crippen LogP contribution < -0.4 is 9.47 Å². The van der Waals surface area contributed by atoms with Gasteiger partial charge in [0.1, 0.15) is 24.7 Å². The molecule has 0 unspecified atom stereocenters. The van der Waals surface area contributed by atoms with Crippen LogP contribution in [-0.4, -0.2) is 55.0 Å². The molecule has 0 saturated carbocycles. The van der Waals surface area contributed by atoms with Gasteiger partial charge in [0.15, 0.2) is 0 Å². The molecule has 2 aromatic carbocycles. The molecule has 6 nitrogen and oxygen atoms in total. The van der Waals surface area contributed by atoms with Crippen LogP contribution in [0.3, 0.4) is 0 Å². The molecule has 0 radical (unpaired) electrons. The molecule has 1 aromatic heterocycles. The second-order valence-corrected chi connectivity index (χ2v) is 10.2. The van der Waals surface area contributed by atoms with E-state index in [4.69, 9.17) is 21.1 Å². The first-order valence-corrected chi connectivity index (χ1v) is 13.3. The highest BCUT2D eigenvalue weighted by Gasteiger charge is 2.33. The third-order valence-corrected chi connectivity index (χ3v) is 7.82. The molecule has 36 heavy (non-hydrogen) atoms. The largest absolute Gasteiger partial charge is 0.497 e. The number of carbonyl (C=O) groups is 2. The lowest BCUT2D eigenvalue weighted by Crippen LogP contribution is -2.48. The molecule has 1 aliphatic rings. The van der Waals surface area contributed by atoms with E-state index < -0.39 is 0 Å². The summed E-state index contributed by atoms with van der Waals surface area (Å²) in [6.45, 7) is 5.38. The summed E-state index contributed by atoms with van der Waals surface area (Å²) < 4.78 is 11.3. The van der Waals surface area contributed by atoms with Crippen molar-refractivity contribution < 1.29 is 19.1 Å². The number of benzene rings is 2. The van der Waals surface area contributed by atoms with Crippen LogP contribution in [0.4, 0.5) is 0 Å². The number of rotatable bonds is 9. The number of amides is 2. The molecule has 0 N–H and O–H groups in total. The van der Waals surface area contributed by atoms with Crippen molar-refractivity contribution in [1.29, 1.82) is 0 Å². The molecule has 0 aliphatic carbocycles. The van der Waals surface area contributed by atoms with Gasteiger partial charge >= 0.3 is 0 Å². The van der Waals surface area contributed by atoms with Crippen molar-refractivity contribution in [1.82, 2.24) is 9.80 Å². The molecular weight excluding hydrogens is 496 g/mol. The topological polar surface area (TPSA) is 59.1 Å². The molecule has 0 fully saturated rings. The van der Waals surface area contributed by atoms with Gasteiger partial charge in [-0.15, -0.1) is 11.3 Å². The van der Waals surface area contributed by atoms with Gasteiger partial charge in [-0.25, -0.2) is 0 Å². The van der Waals surface area contributed by atoms with Crippen molar-refractivity contribution in [2.45, 2.75) is 32.7 Å². The fourth-order valence-electron chi connectivity index (χ4n) is 4.45. The van der Waals surface area contributed by atoms with E-state index in [1.165, 1.54) is 4.88 Å². The van der Waals surface area contributed by atoms with Crippen molar-refractivity contribution in [3.8, 4) is 11.5 Å². The van der Waals surface area contributed by atoms with Crippen molar-refractivity contribution in [3.63, 3.8) is 0 Å². The molecule has 0 spiro atoms. The van der Waals surface area contributed by atoms with Gasteiger partial charge in [-0.1, -0.05) is 18.5 Å². The Morgan fingerprint density at radius 1 is 1.14 bits per heavy atom. The molecule has 1 atom stereocenters. The fourth-order valence-corrected chi connectivity index (χ4v) is 5.50. The SMILES string of the molecule is CCCN(CC(=O)N1CCc2sccc2[C@H]1COc1ccc(Cl)c(C)c1)C(=O)c1ccc(OC)cc1. The van der Waals surface area contributed by atoms with Gasteiger partial charge in [0.2, 0.25) is 5.91 Å². The van der Waals surface area contributed by atoms with E-state index in [1.54, 1.807) is 47.6 Å². The van der Waals surface area contributed by atoms with Crippen molar-refractivity contribution in [2.75, 3.05) is 33.4 Å². The number of carbonyl (C=O) groups excluding carboxylic acids is 2. The van der Waals surface area contributed by atoms with Gasteiger partial charge in [0, 0.05) is 28.6 Å². The third kappa shape index (κ3) is 5.85. The number of halogens is 1. The highest BCUT2D eigenvalue weighted by Crippen LogP contribution is 2.34. The van der Waals surface area contributed by atoms with Gasteiger partial charge in [-0.2, -0.15) is 0 Å². The Balaban J connectivity index is 1.51. The van der Waals surface area contributed by atoms with Crippen LogP contribution in [0.5, 0.6) is 11.5 Å². The van der Waals surface area contributed by atoms with Crippen LogP contribution in [0.15, 0.2) is 53.9 Å². The van der Waals surface area contributed by atoms with Crippen molar-refractivity contribution in [2.24, 2.45) is 0 Å². The van der Waals surface area contributed by atoms with Crippen molar-refractivity contribution >= 4 is 34.8 Å². The van der Waals surface area contributed by atoms with Gasteiger partial charge < -0.3 is 19.3 Å². The second kappa shape index (κ2) is 11.8. The first kappa shape index (κ1) is 26.0. The van der Waals surface area contributed by atoms with Crippen LogP contribution in [-0.2, 0) is 11.2 Å². The third-order valence-electron chi connectivity index (χ3n) is 6.40. The molecule has 2 amide bonds. The van der Waals surface area contributed by atoms with Gasteiger partial charge in [0.05, 0.1) is 13.2 Å². The molecule has 4 rings (SSSR count). The zero-order chi connectivity index (χ0) is 25.7. The van der Waals surface area contributed by atoms with E-state index in [0.717, 1.165) is 24.0 Å². The van der Waals surface area contributed by atoms with Crippen LogP contribution in [0.2, 0.25) is 5.02 Å². The van der Waals surface area contributed by atoms with Gasteiger partial charge in [-0.05, 0) is 84.8 Å². The first-order chi connectivity index (χ1) is 17.4. The quantitative estimate of drug-likeness (QED) is 0.355. The lowest BCUT2D eigenvalue weighted by molar-refractivity contribution is -0.135. The Morgan fingerprint density at radius 2 is 1.89 bits per heavy atom. The fraction of sp³-hybridized carbons (Fsp3) is 0.357. The molecule has 2 heterocycles. The zero-order valence-electron chi connectivity index (χ0n) is 20.8. The van der Waals surface area contributed by atoms with E-state index in [2.05, 4.69) is 11.4 Å². The number of methoxy groups -OCH3 is 1. The number of hydrogen-bond donors (Lipinski definition) is 0. The predicted octanol–water partition coefficient (Wildman–Crippen LogP) is 5.78. The maximum Gasteiger partial charge on any atom is 0.254 e. The number of hydrogen-bond acceptors (Lipinski definition) is 5. The van der Waals surface area contributed by atoms with E-state index in [9.17, 15) is 9.59 Å².